The molecule has 8 heteroatoms. The number of carbonyl (C=O) groups is 1. The average Bonchev–Trinajstić information content (AvgIpc) is 2.91. The molecule has 1 saturated heterocycles. The van der Waals surface area contributed by atoms with Gasteiger partial charge < -0.3 is 4.90 Å². The molecule has 1 amide bonds. The summed E-state index contributed by atoms with van der Waals surface area (Å²) in [5, 5.41) is 0.453. The lowest BCUT2D eigenvalue weighted by Gasteiger charge is -2.39. The highest BCUT2D eigenvalue weighted by atomic mass is 35.5. The van der Waals surface area contributed by atoms with Crippen molar-refractivity contribution >= 4 is 28.4 Å². The lowest BCUT2D eigenvalue weighted by molar-refractivity contribution is -0.133. The molecular weight excluding hydrogens is 491 g/mol. The summed E-state index contributed by atoms with van der Waals surface area (Å²) in [7, 11) is 0. The monoisotopic (exact) mass is 526 g/mol. The Hall–Kier alpha value is -2.77. The van der Waals surface area contributed by atoms with Crippen molar-refractivity contribution in [1.29, 1.82) is 0 Å². The van der Waals surface area contributed by atoms with E-state index in [4.69, 9.17) is 16.6 Å². The van der Waals surface area contributed by atoms with E-state index in [2.05, 4.69) is 18.7 Å². The van der Waals surface area contributed by atoms with E-state index in [0.717, 1.165) is 19.3 Å². The van der Waals surface area contributed by atoms with Gasteiger partial charge in [0.1, 0.15) is 11.6 Å². The fourth-order valence-corrected chi connectivity index (χ4v) is 5.35. The molecule has 6 nitrogen and oxygen atoms in total. The van der Waals surface area contributed by atoms with E-state index in [1.807, 2.05) is 23.1 Å². The summed E-state index contributed by atoms with van der Waals surface area (Å²) in [5.41, 5.74) is 0.904. The van der Waals surface area contributed by atoms with Gasteiger partial charge in [-0.25, -0.2) is 9.37 Å². The first kappa shape index (κ1) is 27.3. The number of para-hydroxylation sites is 1. The topological polar surface area (TPSA) is 58.4 Å². The first-order valence-electron chi connectivity index (χ1n) is 13.4. The van der Waals surface area contributed by atoms with Crippen molar-refractivity contribution < 1.29 is 9.18 Å². The number of fused-ring (bicyclic) bond motifs is 1. The third kappa shape index (κ3) is 6.21. The second-order valence-corrected chi connectivity index (χ2v) is 10.1. The van der Waals surface area contributed by atoms with Crippen molar-refractivity contribution in [2.45, 2.75) is 64.8 Å². The molecular formula is C29H36ClFN4O2. The summed E-state index contributed by atoms with van der Waals surface area (Å²) < 4.78 is 15.5. The van der Waals surface area contributed by atoms with Crippen molar-refractivity contribution in [2.75, 3.05) is 26.2 Å². The van der Waals surface area contributed by atoms with Crippen LogP contribution in [0.3, 0.4) is 0 Å². The number of aromatic nitrogens is 2. The van der Waals surface area contributed by atoms with Crippen molar-refractivity contribution in [1.82, 2.24) is 19.4 Å². The highest BCUT2D eigenvalue weighted by Crippen LogP contribution is 2.28. The number of nitrogens with zero attached hydrogens (tertiary/aromatic N) is 4. The highest BCUT2D eigenvalue weighted by Gasteiger charge is 2.29. The fraction of sp³-hybridized carbons (Fsp3) is 0.483. The van der Waals surface area contributed by atoms with E-state index in [-0.39, 0.29) is 22.5 Å². The standard InChI is InChI=1S/C29H36ClFN4O2/c1-3-5-6-7-8-13-27(36)34-18-16-33(17-19-34)26(4-2)28-32-25-12-10-9-11-22(25)29(37)35(28)21-14-15-24(31)23(30)20-21/h9-12,14-15,20,26H,3-8,13,16-19H2,1-2H3. The van der Waals surface area contributed by atoms with E-state index >= 15 is 0 Å². The van der Waals surface area contributed by atoms with E-state index in [9.17, 15) is 14.0 Å². The Kier molecular flexibility index (Phi) is 9.33. The first-order valence-corrected chi connectivity index (χ1v) is 13.8. The zero-order valence-corrected chi connectivity index (χ0v) is 22.5. The average molecular weight is 527 g/mol. The van der Waals surface area contributed by atoms with Crippen molar-refractivity contribution in [2.24, 2.45) is 0 Å². The lowest BCUT2D eigenvalue weighted by atomic mass is 10.1. The van der Waals surface area contributed by atoms with Crippen LogP contribution in [0.15, 0.2) is 47.3 Å². The Morgan fingerprint density at radius 2 is 1.76 bits per heavy atom. The molecule has 1 aromatic heterocycles. The van der Waals surface area contributed by atoms with Crippen LogP contribution < -0.4 is 5.56 Å². The van der Waals surface area contributed by atoms with Crippen molar-refractivity contribution in [3.63, 3.8) is 0 Å². The molecule has 0 radical (unpaired) electrons. The molecule has 0 aliphatic carbocycles. The molecule has 1 unspecified atom stereocenters. The third-order valence-corrected chi connectivity index (χ3v) is 7.54. The number of hydrogen-bond donors (Lipinski definition) is 0. The van der Waals surface area contributed by atoms with Gasteiger partial charge in [-0.15, -0.1) is 0 Å². The largest absolute Gasteiger partial charge is 0.340 e. The van der Waals surface area contributed by atoms with Gasteiger partial charge in [0.05, 0.1) is 27.7 Å². The van der Waals surface area contributed by atoms with Crippen molar-refractivity contribution in [3.8, 4) is 5.69 Å². The van der Waals surface area contributed by atoms with Gasteiger partial charge in [0.25, 0.3) is 5.56 Å². The van der Waals surface area contributed by atoms with Crippen LogP contribution >= 0.6 is 11.6 Å². The Bertz CT molecular complexity index is 1290. The maximum absolute atomic E-state index is 13.9. The van der Waals surface area contributed by atoms with Gasteiger partial charge in [0.2, 0.25) is 5.91 Å². The van der Waals surface area contributed by atoms with Gasteiger partial charge in [-0.3, -0.25) is 19.1 Å². The second-order valence-electron chi connectivity index (χ2n) is 9.73. The molecule has 4 rings (SSSR count). The van der Waals surface area contributed by atoms with Gasteiger partial charge >= 0.3 is 0 Å². The molecule has 1 aliphatic rings. The first-order chi connectivity index (χ1) is 17.9. The summed E-state index contributed by atoms with van der Waals surface area (Å²) in [6.45, 7) is 6.98. The predicted molar refractivity (Wildman–Crippen MR) is 147 cm³/mol. The Labute approximate surface area is 223 Å². The number of benzene rings is 2. The molecule has 0 saturated carbocycles. The maximum atomic E-state index is 13.9. The Balaban J connectivity index is 1.58. The molecule has 0 spiro atoms. The minimum Gasteiger partial charge on any atom is -0.340 e. The Morgan fingerprint density at radius 3 is 2.46 bits per heavy atom. The molecule has 2 aromatic carbocycles. The quantitative estimate of drug-likeness (QED) is 0.298. The molecule has 2 heterocycles. The lowest BCUT2D eigenvalue weighted by Crippen LogP contribution is -2.50. The van der Waals surface area contributed by atoms with Crippen LogP contribution in [0.25, 0.3) is 16.6 Å². The second kappa shape index (κ2) is 12.7. The maximum Gasteiger partial charge on any atom is 0.266 e. The molecule has 37 heavy (non-hydrogen) atoms. The number of unbranched alkanes of at least 4 members (excludes halogenated alkanes) is 4. The van der Waals surface area contributed by atoms with Crippen LogP contribution in [0.2, 0.25) is 5.02 Å². The van der Waals surface area contributed by atoms with E-state index in [1.54, 1.807) is 16.7 Å². The van der Waals surface area contributed by atoms with Crippen LogP contribution in [0, 0.1) is 5.82 Å². The zero-order valence-electron chi connectivity index (χ0n) is 21.8. The molecule has 1 aliphatic heterocycles. The van der Waals surface area contributed by atoms with Crippen LogP contribution in [-0.4, -0.2) is 51.4 Å². The summed E-state index contributed by atoms with van der Waals surface area (Å²) >= 11 is 6.10. The number of piperazine rings is 1. The predicted octanol–water partition coefficient (Wildman–Crippen LogP) is 6.13. The van der Waals surface area contributed by atoms with Gasteiger partial charge in [0, 0.05) is 32.6 Å². The summed E-state index contributed by atoms with van der Waals surface area (Å²) in [5.74, 6) is 0.294. The number of carbonyl (C=O) groups excluding carboxylic acids is 1. The van der Waals surface area contributed by atoms with E-state index in [1.165, 1.54) is 31.4 Å². The summed E-state index contributed by atoms with van der Waals surface area (Å²) in [6.07, 6.45) is 7.00. The molecule has 0 bridgehead atoms. The van der Waals surface area contributed by atoms with Crippen LogP contribution in [0.1, 0.15) is 70.7 Å². The molecule has 3 aromatic rings. The SMILES string of the molecule is CCCCCCCC(=O)N1CCN(C(CC)c2nc3ccccc3c(=O)n2-c2ccc(F)c(Cl)c2)CC1. The minimum atomic E-state index is -0.535. The molecule has 1 atom stereocenters. The molecule has 198 valence electrons. The van der Waals surface area contributed by atoms with Crippen LogP contribution in [0.4, 0.5) is 4.39 Å². The van der Waals surface area contributed by atoms with Gasteiger partial charge in [0.15, 0.2) is 0 Å². The zero-order chi connectivity index (χ0) is 26.4. The van der Waals surface area contributed by atoms with Crippen LogP contribution in [0.5, 0.6) is 0 Å². The van der Waals surface area contributed by atoms with Crippen molar-refractivity contribution in [3.05, 3.63) is 69.5 Å². The number of rotatable bonds is 10. The van der Waals surface area contributed by atoms with Gasteiger partial charge in [-0.2, -0.15) is 0 Å². The highest BCUT2D eigenvalue weighted by molar-refractivity contribution is 6.30. The Morgan fingerprint density at radius 1 is 1.03 bits per heavy atom. The summed E-state index contributed by atoms with van der Waals surface area (Å²) in [6, 6.07) is 11.4. The van der Waals surface area contributed by atoms with E-state index in [0.29, 0.717) is 55.0 Å². The molecule has 1 fully saturated rings. The number of halogens is 2. The van der Waals surface area contributed by atoms with Gasteiger partial charge in [-0.1, -0.05) is 63.3 Å². The van der Waals surface area contributed by atoms with E-state index < -0.39 is 5.82 Å². The third-order valence-electron chi connectivity index (χ3n) is 7.25. The minimum absolute atomic E-state index is 0.0432. The smallest absolute Gasteiger partial charge is 0.266 e. The van der Waals surface area contributed by atoms with Crippen LogP contribution in [-0.2, 0) is 4.79 Å². The normalized spacial score (nSPS) is 15.3. The molecule has 0 N–H and O–H groups in total. The fourth-order valence-electron chi connectivity index (χ4n) is 5.17. The number of amides is 1. The van der Waals surface area contributed by atoms with Gasteiger partial charge in [-0.05, 0) is 43.2 Å². The number of hydrogen-bond acceptors (Lipinski definition) is 4. The summed E-state index contributed by atoms with van der Waals surface area (Å²) in [4.78, 5) is 35.6.